The van der Waals surface area contributed by atoms with Crippen LogP contribution in [0, 0.1) is 13.8 Å². The molecular weight excluding hydrogens is 508 g/mol. The standard InChI is InChI=1S/C30H36N6O2S/c1-18-13-20(3)39-26(18)14-19(2)32-23-7-8-31-29(37)27(23)28-33-24-15-21-17-36(12-6-11-35-9-4-5-10-35)30(38)22(21)16-25(24)34-28/h7-8,13,15-16,19H,4-6,9-12,14,17H2,1-3H3,(H,33,34)(H2,31,32,37). The Morgan fingerprint density at radius 1 is 1.13 bits per heavy atom. The molecule has 3 N–H and O–H groups in total. The number of carbonyl (C=O) groups excluding carboxylic acids is 1. The minimum absolute atomic E-state index is 0.0808. The first-order chi connectivity index (χ1) is 18.9. The Kier molecular flexibility index (Phi) is 7.03. The number of hydrogen-bond donors (Lipinski definition) is 3. The van der Waals surface area contributed by atoms with E-state index in [0.717, 1.165) is 53.8 Å². The third kappa shape index (κ3) is 5.25. The van der Waals surface area contributed by atoms with Crippen LogP contribution in [0.2, 0.25) is 0 Å². The van der Waals surface area contributed by atoms with Crippen molar-refractivity contribution in [2.75, 3.05) is 31.5 Å². The summed E-state index contributed by atoms with van der Waals surface area (Å²) in [7, 11) is 0. The van der Waals surface area contributed by atoms with Gasteiger partial charge in [0, 0.05) is 47.1 Å². The number of aryl methyl sites for hydroxylation is 2. The lowest BCUT2D eigenvalue weighted by Gasteiger charge is -2.19. The van der Waals surface area contributed by atoms with Gasteiger partial charge in [-0.05, 0) is 95.1 Å². The molecule has 4 aromatic rings. The van der Waals surface area contributed by atoms with Crippen molar-refractivity contribution >= 4 is 34.0 Å². The molecule has 1 atom stereocenters. The molecule has 0 radical (unpaired) electrons. The number of hydrogen-bond acceptors (Lipinski definition) is 6. The van der Waals surface area contributed by atoms with Gasteiger partial charge in [-0.3, -0.25) is 9.59 Å². The van der Waals surface area contributed by atoms with Gasteiger partial charge in [0.05, 0.1) is 16.7 Å². The lowest BCUT2D eigenvalue weighted by Crippen LogP contribution is -2.29. The second-order valence-electron chi connectivity index (χ2n) is 11.0. The third-order valence-corrected chi connectivity index (χ3v) is 9.10. The molecule has 1 unspecified atom stereocenters. The summed E-state index contributed by atoms with van der Waals surface area (Å²) < 4.78 is 0. The summed E-state index contributed by atoms with van der Waals surface area (Å²) in [6.07, 6.45) is 6.11. The monoisotopic (exact) mass is 544 g/mol. The van der Waals surface area contributed by atoms with Crippen LogP contribution < -0.4 is 10.9 Å². The Bertz CT molecular complexity index is 1580. The summed E-state index contributed by atoms with van der Waals surface area (Å²) in [5.41, 5.74) is 5.59. The first-order valence-electron chi connectivity index (χ1n) is 13.9. The maximum absolute atomic E-state index is 13.2. The second-order valence-corrected chi connectivity index (χ2v) is 12.4. The largest absolute Gasteiger partial charge is 0.381 e. The maximum atomic E-state index is 13.2. The number of anilines is 1. The van der Waals surface area contributed by atoms with Crippen LogP contribution in [0.25, 0.3) is 22.4 Å². The topological polar surface area (TPSA) is 97.1 Å². The first-order valence-corrected chi connectivity index (χ1v) is 14.8. The number of amides is 1. The molecule has 6 rings (SSSR count). The summed E-state index contributed by atoms with van der Waals surface area (Å²) in [6.45, 7) is 11.2. The van der Waals surface area contributed by atoms with Crippen molar-refractivity contribution in [3.63, 3.8) is 0 Å². The number of thiophene rings is 1. The minimum atomic E-state index is -0.206. The quantitative estimate of drug-likeness (QED) is 0.273. The molecule has 39 heavy (non-hydrogen) atoms. The maximum Gasteiger partial charge on any atom is 0.261 e. The van der Waals surface area contributed by atoms with E-state index in [9.17, 15) is 9.59 Å². The fraction of sp³-hybridized carbons (Fsp3) is 0.433. The number of pyridine rings is 1. The number of nitrogens with zero attached hydrogens (tertiary/aromatic N) is 3. The van der Waals surface area contributed by atoms with Crippen LogP contribution in [0.4, 0.5) is 5.69 Å². The highest BCUT2D eigenvalue weighted by Crippen LogP contribution is 2.31. The van der Waals surface area contributed by atoms with Crippen LogP contribution in [0.1, 0.15) is 57.4 Å². The van der Waals surface area contributed by atoms with E-state index < -0.39 is 0 Å². The van der Waals surface area contributed by atoms with Crippen LogP contribution in [-0.4, -0.2) is 62.9 Å². The molecule has 8 nitrogen and oxygen atoms in total. The number of benzene rings is 1. The van der Waals surface area contributed by atoms with Gasteiger partial charge in [-0.2, -0.15) is 0 Å². The molecule has 9 heteroatoms. The van der Waals surface area contributed by atoms with Gasteiger partial charge in [0.1, 0.15) is 11.4 Å². The van der Waals surface area contributed by atoms with Crippen molar-refractivity contribution in [3.05, 3.63) is 67.3 Å². The molecule has 0 spiro atoms. The molecule has 2 aliphatic rings. The number of rotatable bonds is 9. The summed E-state index contributed by atoms with van der Waals surface area (Å²) in [4.78, 5) is 44.2. The molecule has 2 aliphatic heterocycles. The van der Waals surface area contributed by atoms with Gasteiger partial charge in [0.25, 0.3) is 11.5 Å². The number of fused-ring (bicyclic) bond motifs is 2. The van der Waals surface area contributed by atoms with Gasteiger partial charge in [-0.25, -0.2) is 4.98 Å². The number of carbonyl (C=O) groups is 1. The van der Waals surface area contributed by atoms with Crippen LogP contribution >= 0.6 is 11.3 Å². The van der Waals surface area contributed by atoms with Crippen LogP contribution in [0.5, 0.6) is 0 Å². The number of likely N-dealkylation sites (tertiary alicyclic amines) is 1. The van der Waals surface area contributed by atoms with Crippen LogP contribution in [-0.2, 0) is 13.0 Å². The molecule has 5 heterocycles. The Morgan fingerprint density at radius 3 is 2.72 bits per heavy atom. The molecular formula is C30H36N6O2S. The zero-order chi connectivity index (χ0) is 27.1. The third-order valence-electron chi connectivity index (χ3n) is 7.92. The number of aromatic nitrogens is 3. The number of imidazole rings is 1. The van der Waals surface area contributed by atoms with E-state index in [1.165, 1.54) is 41.2 Å². The average Bonchev–Trinajstić information content (AvgIpc) is 3.67. The predicted octanol–water partition coefficient (Wildman–Crippen LogP) is 5.08. The molecule has 1 saturated heterocycles. The second kappa shape index (κ2) is 10.6. The van der Waals surface area contributed by atoms with E-state index in [0.29, 0.717) is 17.9 Å². The molecule has 204 valence electrons. The van der Waals surface area contributed by atoms with Crippen LogP contribution in [0.3, 0.4) is 0 Å². The molecule has 0 aliphatic carbocycles. The fourth-order valence-corrected chi connectivity index (χ4v) is 7.17. The zero-order valence-corrected chi connectivity index (χ0v) is 23.7. The average molecular weight is 545 g/mol. The van der Waals surface area contributed by atoms with Gasteiger partial charge >= 0.3 is 0 Å². The summed E-state index contributed by atoms with van der Waals surface area (Å²) >= 11 is 1.82. The molecule has 1 aromatic carbocycles. The predicted molar refractivity (Wildman–Crippen MR) is 158 cm³/mol. The Balaban J connectivity index is 1.20. The Labute approximate surface area is 232 Å². The van der Waals surface area contributed by atoms with Gasteiger partial charge in [0.2, 0.25) is 0 Å². The Hall–Kier alpha value is -3.43. The highest BCUT2D eigenvalue weighted by molar-refractivity contribution is 7.12. The number of aromatic amines is 2. The fourth-order valence-electron chi connectivity index (χ4n) is 5.99. The van der Waals surface area contributed by atoms with Gasteiger partial charge in [0.15, 0.2) is 0 Å². The summed E-state index contributed by atoms with van der Waals surface area (Å²) in [5, 5.41) is 3.54. The minimum Gasteiger partial charge on any atom is -0.381 e. The molecule has 1 fully saturated rings. The molecule has 0 bridgehead atoms. The van der Waals surface area contributed by atoms with E-state index in [1.807, 2.05) is 34.4 Å². The van der Waals surface area contributed by atoms with E-state index >= 15 is 0 Å². The van der Waals surface area contributed by atoms with E-state index in [1.54, 1.807) is 6.20 Å². The van der Waals surface area contributed by atoms with E-state index in [-0.39, 0.29) is 17.5 Å². The number of nitrogens with one attached hydrogen (secondary N) is 3. The first kappa shape index (κ1) is 25.8. The highest BCUT2D eigenvalue weighted by atomic mass is 32.1. The smallest absolute Gasteiger partial charge is 0.261 e. The summed E-state index contributed by atoms with van der Waals surface area (Å²) in [5.74, 6) is 0.584. The highest BCUT2D eigenvalue weighted by Gasteiger charge is 2.28. The summed E-state index contributed by atoms with van der Waals surface area (Å²) in [6, 6.07) is 8.13. The van der Waals surface area contributed by atoms with Crippen molar-refractivity contribution in [3.8, 4) is 11.4 Å². The Morgan fingerprint density at radius 2 is 1.95 bits per heavy atom. The van der Waals surface area contributed by atoms with Gasteiger partial charge in [-0.1, -0.05) is 0 Å². The van der Waals surface area contributed by atoms with E-state index in [4.69, 9.17) is 4.98 Å². The molecule has 1 amide bonds. The van der Waals surface area contributed by atoms with Gasteiger partial charge < -0.3 is 25.1 Å². The van der Waals surface area contributed by atoms with Gasteiger partial charge in [-0.15, -0.1) is 11.3 Å². The van der Waals surface area contributed by atoms with Crippen molar-refractivity contribution < 1.29 is 4.79 Å². The van der Waals surface area contributed by atoms with Crippen LogP contribution in [0.15, 0.2) is 35.3 Å². The lowest BCUT2D eigenvalue weighted by molar-refractivity contribution is 0.0772. The van der Waals surface area contributed by atoms with Crippen molar-refractivity contribution in [2.45, 2.75) is 59.0 Å². The normalized spacial score (nSPS) is 16.4. The van der Waals surface area contributed by atoms with Crippen molar-refractivity contribution in [1.29, 1.82) is 0 Å². The number of H-pyrrole nitrogens is 2. The van der Waals surface area contributed by atoms with Crippen molar-refractivity contribution in [2.24, 2.45) is 0 Å². The molecule has 0 saturated carbocycles. The van der Waals surface area contributed by atoms with E-state index in [2.05, 4.69) is 47.0 Å². The SMILES string of the molecule is Cc1cc(C)c(CC(C)Nc2cc[nH]c(=O)c2-c2nc3cc4c(cc3[nH]2)C(=O)N(CCCN2CCCC2)C4)s1. The lowest BCUT2D eigenvalue weighted by atomic mass is 10.1. The molecule has 3 aromatic heterocycles. The van der Waals surface area contributed by atoms with Crippen molar-refractivity contribution in [1.82, 2.24) is 24.8 Å². The zero-order valence-electron chi connectivity index (χ0n) is 22.9.